The van der Waals surface area contributed by atoms with Gasteiger partial charge in [-0.2, -0.15) is 11.8 Å². The van der Waals surface area contributed by atoms with Crippen LogP contribution in [0.3, 0.4) is 0 Å². The van der Waals surface area contributed by atoms with Gasteiger partial charge in [0.2, 0.25) is 0 Å². The van der Waals surface area contributed by atoms with E-state index in [4.69, 9.17) is 0 Å². The van der Waals surface area contributed by atoms with Crippen molar-refractivity contribution < 1.29 is 0 Å². The zero-order valence-corrected chi connectivity index (χ0v) is 9.89. The summed E-state index contributed by atoms with van der Waals surface area (Å²) >= 11 is 2.05. The van der Waals surface area contributed by atoms with Crippen molar-refractivity contribution in [3.05, 3.63) is 30.3 Å². The first kappa shape index (κ1) is 11.4. The van der Waals surface area contributed by atoms with Crippen molar-refractivity contribution in [1.82, 2.24) is 0 Å². The summed E-state index contributed by atoms with van der Waals surface area (Å²) in [6, 6.07) is 10.7. The second kappa shape index (κ2) is 6.77. The smallest absolute Gasteiger partial charge is 0.0366 e. The third-order valence-electron chi connectivity index (χ3n) is 2.13. The molecular weight excluding hydrogens is 190 g/mol. The third-order valence-corrected chi connectivity index (χ3v) is 3.07. The van der Waals surface area contributed by atoms with Gasteiger partial charge in [-0.25, -0.2) is 0 Å². The van der Waals surface area contributed by atoms with Crippen LogP contribution in [-0.2, 0) is 0 Å². The summed E-state index contributed by atoms with van der Waals surface area (Å²) in [5.74, 6) is 2.55. The minimum Gasteiger partial charge on any atom is -0.370 e. The number of thioether (sulfide) groups is 1. The van der Waals surface area contributed by atoms with E-state index in [1.165, 1.54) is 30.3 Å². The van der Waals surface area contributed by atoms with Gasteiger partial charge in [0.25, 0.3) is 0 Å². The van der Waals surface area contributed by atoms with E-state index in [0.29, 0.717) is 0 Å². The van der Waals surface area contributed by atoms with Crippen molar-refractivity contribution in [2.45, 2.75) is 13.8 Å². The summed E-state index contributed by atoms with van der Waals surface area (Å²) in [5.41, 5.74) is 1.37. The van der Waals surface area contributed by atoms with Crippen LogP contribution in [0, 0.1) is 0 Å². The normalized spacial score (nSPS) is 15.7. The monoisotopic (exact) mass is 209 g/mol. The van der Waals surface area contributed by atoms with Crippen LogP contribution in [0.2, 0.25) is 0 Å². The van der Waals surface area contributed by atoms with Gasteiger partial charge in [0.1, 0.15) is 0 Å². The summed E-state index contributed by atoms with van der Waals surface area (Å²) in [5, 5.41) is 0. The van der Waals surface area contributed by atoms with Crippen molar-refractivity contribution >= 4 is 17.4 Å². The Morgan fingerprint density at radius 2 is 1.57 bits per heavy atom. The molecule has 78 valence electrons. The van der Waals surface area contributed by atoms with Crippen LogP contribution >= 0.6 is 11.8 Å². The molecule has 0 atom stereocenters. The maximum absolute atomic E-state index is 2.45. The molecule has 0 aromatic heterocycles. The summed E-state index contributed by atoms with van der Waals surface area (Å²) in [7, 11) is 0. The van der Waals surface area contributed by atoms with Gasteiger partial charge in [0, 0.05) is 30.3 Å². The van der Waals surface area contributed by atoms with E-state index < -0.39 is 0 Å². The number of hydrogen-bond acceptors (Lipinski definition) is 2. The maximum atomic E-state index is 2.45. The Hall–Kier alpha value is -0.630. The third kappa shape index (κ3) is 3.26. The van der Waals surface area contributed by atoms with E-state index >= 15 is 0 Å². The number of benzene rings is 1. The van der Waals surface area contributed by atoms with Gasteiger partial charge < -0.3 is 4.90 Å². The maximum Gasteiger partial charge on any atom is 0.0366 e. The van der Waals surface area contributed by atoms with Crippen LogP contribution in [0.5, 0.6) is 0 Å². The number of para-hydroxylation sites is 1. The SMILES string of the molecule is CC.c1ccc(N2CCSCC2)cc1. The molecule has 2 heteroatoms. The first-order chi connectivity index (χ1) is 6.97. The molecule has 0 bridgehead atoms. The van der Waals surface area contributed by atoms with Crippen molar-refractivity contribution in [3.8, 4) is 0 Å². The molecule has 0 radical (unpaired) electrons. The number of anilines is 1. The van der Waals surface area contributed by atoms with Crippen LogP contribution in [0.4, 0.5) is 5.69 Å². The molecule has 0 amide bonds. The Morgan fingerprint density at radius 1 is 1.00 bits per heavy atom. The molecule has 1 aliphatic heterocycles. The molecule has 1 aromatic carbocycles. The van der Waals surface area contributed by atoms with Crippen molar-refractivity contribution in [2.24, 2.45) is 0 Å². The highest BCUT2D eigenvalue weighted by Gasteiger charge is 2.09. The summed E-state index contributed by atoms with van der Waals surface area (Å²) in [6.07, 6.45) is 0. The quantitative estimate of drug-likeness (QED) is 0.698. The van der Waals surface area contributed by atoms with E-state index in [1.54, 1.807) is 0 Å². The molecule has 0 aliphatic carbocycles. The Balaban J connectivity index is 0.000000461. The van der Waals surface area contributed by atoms with Crippen LogP contribution in [0.1, 0.15) is 13.8 Å². The van der Waals surface area contributed by atoms with Crippen LogP contribution < -0.4 is 4.90 Å². The van der Waals surface area contributed by atoms with Gasteiger partial charge in [-0.1, -0.05) is 32.0 Å². The molecule has 1 heterocycles. The average Bonchev–Trinajstić information content (AvgIpc) is 2.34. The fourth-order valence-electron chi connectivity index (χ4n) is 1.46. The van der Waals surface area contributed by atoms with Crippen molar-refractivity contribution in [3.63, 3.8) is 0 Å². The Morgan fingerprint density at radius 3 is 2.14 bits per heavy atom. The largest absolute Gasteiger partial charge is 0.370 e. The average molecular weight is 209 g/mol. The molecule has 0 spiro atoms. The summed E-state index contributed by atoms with van der Waals surface area (Å²) in [6.45, 7) is 6.41. The number of hydrogen-bond donors (Lipinski definition) is 0. The lowest BCUT2D eigenvalue weighted by Crippen LogP contribution is -2.32. The molecule has 1 fully saturated rings. The minimum absolute atomic E-state index is 1.20. The molecule has 0 unspecified atom stereocenters. The van der Waals surface area contributed by atoms with Gasteiger partial charge in [0.05, 0.1) is 0 Å². The van der Waals surface area contributed by atoms with Gasteiger partial charge in [-0.3, -0.25) is 0 Å². The topological polar surface area (TPSA) is 3.24 Å². The molecule has 1 aliphatic rings. The standard InChI is InChI=1S/C10H13NS.C2H6/c1-2-4-10(5-3-1)11-6-8-12-9-7-11;1-2/h1-5H,6-9H2;1-2H3. The predicted octanol–water partition coefficient (Wildman–Crippen LogP) is 3.27. The van der Waals surface area contributed by atoms with Crippen LogP contribution in [0.15, 0.2) is 30.3 Å². The first-order valence-corrected chi connectivity index (χ1v) is 6.50. The van der Waals surface area contributed by atoms with Crippen LogP contribution in [0.25, 0.3) is 0 Å². The van der Waals surface area contributed by atoms with E-state index in [-0.39, 0.29) is 0 Å². The Labute approximate surface area is 91.5 Å². The van der Waals surface area contributed by atoms with Gasteiger partial charge in [-0.05, 0) is 12.1 Å². The highest BCUT2D eigenvalue weighted by atomic mass is 32.2. The van der Waals surface area contributed by atoms with E-state index in [9.17, 15) is 0 Å². The summed E-state index contributed by atoms with van der Waals surface area (Å²) in [4.78, 5) is 2.45. The van der Waals surface area contributed by atoms with Gasteiger partial charge in [-0.15, -0.1) is 0 Å². The molecule has 1 saturated heterocycles. The lowest BCUT2D eigenvalue weighted by molar-refractivity contribution is 0.859. The van der Waals surface area contributed by atoms with Gasteiger partial charge >= 0.3 is 0 Å². The molecule has 2 rings (SSSR count). The highest BCUT2D eigenvalue weighted by Crippen LogP contribution is 2.18. The van der Waals surface area contributed by atoms with Crippen LogP contribution in [-0.4, -0.2) is 24.6 Å². The second-order valence-electron chi connectivity index (χ2n) is 2.93. The zero-order valence-electron chi connectivity index (χ0n) is 9.07. The lowest BCUT2D eigenvalue weighted by atomic mass is 10.3. The Bertz CT molecular complexity index is 229. The Kier molecular flexibility index (Phi) is 5.53. The molecule has 0 saturated carbocycles. The molecule has 14 heavy (non-hydrogen) atoms. The minimum atomic E-state index is 1.20. The van der Waals surface area contributed by atoms with E-state index in [2.05, 4.69) is 47.0 Å². The van der Waals surface area contributed by atoms with E-state index in [1.807, 2.05) is 13.8 Å². The fraction of sp³-hybridized carbons (Fsp3) is 0.500. The molecular formula is C12H19NS. The van der Waals surface area contributed by atoms with Gasteiger partial charge in [0.15, 0.2) is 0 Å². The zero-order chi connectivity index (χ0) is 10.2. The molecule has 1 aromatic rings. The first-order valence-electron chi connectivity index (χ1n) is 5.34. The molecule has 0 N–H and O–H groups in total. The predicted molar refractivity (Wildman–Crippen MR) is 67.3 cm³/mol. The second-order valence-corrected chi connectivity index (χ2v) is 4.16. The highest BCUT2D eigenvalue weighted by molar-refractivity contribution is 7.99. The lowest BCUT2D eigenvalue weighted by Gasteiger charge is -2.28. The number of nitrogens with zero attached hydrogens (tertiary/aromatic N) is 1. The summed E-state index contributed by atoms with van der Waals surface area (Å²) < 4.78 is 0. The van der Waals surface area contributed by atoms with Crippen molar-refractivity contribution in [2.75, 3.05) is 29.5 Å². The fourth-order valence-corrected chi connectivity index (χ4v) is 2.36. The number of rotatable bonds is 1. The van der Waals surface area contributed by atoms with E-state index in [0.717, 1.165) is 0 Å². The van der Waals surface area contributed by atoms with Crippen molar-refractivity contribution in [1.29, 1.82) is 0 Å². The molecule has 1 nitrogen and oxygen atoms in total.